The van der Waals surface area contributed by atoms with Crippen LogP contribution >= 0.6 is 0 Å². The Hall–Kier alpha value is -2.54. The van der Waals surface area contributed by atoms with Gasteiger partial charge in [-0.15, -0.1) is 0 Å². The number of nitro benzene ring substituents is 1. The molecular formula is C13H14N4O3. The highest BCUT2D eigenvalue weighted by molar-refractivity contribution is 5.58. The zero-order valence-corrected chi connectivity index (χ0v) is 10.7. The molecule has 0 bridgehead atoms. The van der Waals surface area contributed by atoms with Crippen molar-refractivity contribution < 1.29 is 4.92 Å². The van der Waals surface area contributed by atoms with Crippen LogP contribution in [0.15, 0.2) is 35.1 Å². The van der Waals surface area contributed by atoms with Crippen molar-refractivity contribution in [1.29, 1.82) is 0 Å². The van der Waals surface area contributed by atoms with Crippen LogP contribution in [0.25, 0.3) is 11.4 Å². The van der Waals surface area contributed by atoms with Crippen LogP contribution in [0.2, 0.25) is 0 Å². The number of nitrogens with zero attached hydrogens (tertiary/aromatic N) is 2. The number of hydrogen-bond donors (Lipinski definition) is 2. The first-order chi connectivity index (χ1) is 9.60. The van der Waals surface area contributed by atoms with E-state index in [9.17, 15) is 14.9 Å². The van der Waals surface area contributed by atoms with Crippen LogP contribution in [-0.2, 0) is 6.42 Å². The van der Waals surface area contributed by atoms with Gasteiger partial charge in [0, 0.05) is 29.5 Å². The molecule has 0 aliphatic carbocycles. The van der Waals surface area contributed by atoms with Crippen molar-refractivity contribution in [1.82, 2.24) is 9.97 Å². The molecule has 1 aromatic carbocycles. The lowest BCUT2D eigenvalue weighted by Crippen LogP contribution is -2.11. The second kappa shape index (κ2) is 6.07. The van der Waals surface area contributed by atoms with Crippen LogP contribution in [0.4, 0.5) is 5.69 Å². The maximum atomic E-state index is 11.6. The number of rotatable bonds is 5. The predicted molar refractivity (Wildman–Crippen MR) is 74.3 cm³/mol. The maximum Gasteiger partial charge on any atom is 0.270 e. The molecule has 2 aromatic rings. The maximum absolute atomic E-state index is 11.6. The van der Waals surface area contributed by atoms with Crippen LogP contribution < -0.4 is 11.3 Å². The first-order valence-electron chi connectivity index (χ1n) is 6.15. The van der Waals surface area contributed by atoms with Gasteiger partial charge in [0.1, 0.15) is 5.82 Å². The summed E-state index contributed by atoms with van der Waals surface area (Å²) in [5.41, 5.74) is 6.23. The van der Waals surface area contributed by atoms with Crippen LogP contribution in [0.1, 0.15) is 12.1 Å². The monoisotopic (exact) mass is 274 g/mol. The van der Waals surface area contributed by atoms with E-state index in [4.69, 9.17) is 5.73 Å². The third-order valence-corrected chi connectivity index (χ3v) is 2.76. The minimum Gasteiger partial charge on any atom is -0.330 e. The highest BCUT2D eigenvalue weighted by atomic mass is 16.6. The molecule has 7 nitrogen and oxygen atoms in total. The normalized spacial score (nSPS) is 10.4. The van der Waals surface area contributed by atoms with E-state index in [0.717, 1.165) is 6.42 Å². The number of nitrogens with one attached hydrogen (secondary N) is 1. The number of non-ortho nitro benzene ring substituents is 1. The summed E-state index contributed by atoms with van der Waals surface area (Å²) in [5.74, 6) is 0.327. The minimum absolute atomic E-state index is 0.0440. The Balaban J connectivity index is 2.41. The topological polar surface area (TPSA) is 115 Å². The fourth-order valence-electron chi connectivity index (χ4n) is 1.82. The molecule has 0 saturated carbocycles. The second-order valence-electron chi connectivity index (χ2n) is 4.29. The average molecular weight is 274 g/mol. The molecule has 0 aliphatic heterocycles. The lowest BCUT2D eigenvalue weighted by Gasteiger charge is -2.04. The number of benzene rings is 1. The highest BCUT2D eigenvalue weighted by Gasteiger charge is 2.09. The molecule has 0 saturated heterocycles. The SMILES string of the molecule is NCCCc1cc(=O)[nH]c(-c2cccc([N+](=O)[O-])c2)n1. The zero-order chi connectivity index (χ0) is 14.5. The van der Waals surface area contributed by atoms with Crippen molar-refractivity contribution in [2.75, 3.05) is 6.54 Å². The third-order valence-electron chi connectivity index (χ3n) is 2.76. The van der Waals surface area contributed by atoms with E-state index >= 15 is 0 Å². The molecule has 0 aliphatic rings. The number of nitrogens with two attached hydrogens (primary N) is 1. The summed E-state index contributed by atoms with van der Waals surface area (Å²) in [4.78, 5) is 28.8. The minimum atomic E-state index is -0.486. The summed E-state index contributed by atoms with van der Waals surface area (Å²) in [6.07, 6.45) is 1.33. The molecule has 0 fully saturated rings. The van der Waals surface area contributed by atoms with Gasteiger partial charge < -0.3 is 10.7 Å². The van der Waals surface area contributed by atoms with Gasteiger partial charge in [-0.25, -0.2) is 4.98 Å². The largest absolute Gasteiger partial charge is 0.330 e. The number of aryl methyl sites for hydroxylation is 1. The molecule has 7 heteroatoms. The Labute approximate surface area is 114 Å². The van der Waals surface area contributed by atoms with Crippen LogP contribution in [0, 0.1) is 10.1 Å². The van der Waals surface area contributed by atoms with Crippen molar-refractivity contribution in [2.45, 2.75) is 12.8 Å². The fraction of sp³-hybridized carbons (Fsp3) is 0.231. The Kier molecular flexibility index (Phi) is 4.21. The van der Waals surface area contributed by atoms with Gasteiger partial charge in [-0.2, -0.15) is 0 Å². The van der Waals surface area contributed by atoms with E-state index in [1.54, 1.807) is 12.1 Å². The van der Waals surface area contributed by atoms with Crippen LogP contribution in [-0.4, -0.2) is 21.4 Å². The van der Waals surface area contributed by atoms with E-state index in [2.05, 4.69) is 9.97 Å². The predicted octanol–water partition coefficient (Wildman–Crippen LogP) is 1.24. The van der Waals surface area contributed by atoms with Crippen LogP contribution in [0.3, 0.4) is 0 Å². The van der Waals surface area contributed by atoms with E-state index in [1.165, 1.54) is 18.2 Å². The molecule has 0 atom stereocenters. The molecule has 0 radical (unpaired) electrons. The van der Waals surface area contributed by atoms with Crippen molar-refractivity contribution in [3.63, 3.8) is 0 Å². The molecule has 1 heterocycles. The van der Waals surface area contributed by atoms with Gasteiger partial charge in [-0.1, -0.05) is 12.1 Å². The number of hydrogen-bond acceptors (Lipinski definition) is 5. The summed E-state index contributed by atoms with van der Waals surface area (Å²) < 4.78 is 0. The quantitative estimate of drug-likeness (QED) is 0.628. The summed E-state index contributed by atoms with van der Waals surface area (Å²) in [6.45, 7) is 0.515. The highest BCUT2D eigenvalue weighted by Crippen LogP contribution is 2.20. The summed E-state index contributed by atoms with van der Waals surface area (Å²) in [6, 6.07) is 7.40. The number of H-pyrrole nitrogens is 1. The zero-order valence-electron chi connectivity index (χ0n) is 10.7. The Morgan fingerprint density at radius 2 is 2.15 bits per heavy atom. The lowest BCUT2D eigenvalue weighted by molar-refractivity contribution is -0.384. The Bertz CT molecular complexity index is 681. The van der Waals surface area contributed by atoms with Gasteiger partial charge in [0.15, 0.2) is 0 Å². The molecule has 104 valence electrons. The number of aromatic amines is 1. The molecule has 2 rings (SSSR count). The van der Waals surface area contributed by atoms with Gasteiger partial charge in [0.05, 0.1) is 4.92 Å². The van der Waals surface area contributed by atoms with E-state index < -0.39 is 4.92 Å². The van der Waals surface area contributed by atoms with Gasteiger partial charge in [-0.05, 0) is 19.4 Å². The summed E-state index contributed by atoms with van der Waals surface area (Å²) in [5, 5.41) is 10.8. The average Bonchev–Trinajstić information content (AvgIpc) is 2.44. The smallest absolute Gasteiger partial charge is 0.270 e. The second-order valence-corrected chi connectivity index (χ2v) is 4.29. The molecule has 0 spiro atoms. The molecule has 20 heavy (non-hydrogen) atoms. The fourth-order valence-corrected chi connectivity index (χ4v) is 1.82. The number of aromatic nitrogens is 2. The molecular weight excluding hydrogens is 260 g/mol. The Morgan fingerprint density at radius 1 is 1.35 bits per heavy atom. The van der Waals surface area contributed by atoms with Crippen molar-refractivity contribution >= 4 is 5.69 Å². The first kappa shape index (κ1) is 13.9. The summed E-state index contributed by atoms with van der Waals surface area (Å²) in [7, 11) is 0. The van der Waals surface area contributed by atoms with E-state index in [-0.39, 0.29) is 11.2 Å². The van der Waals surface area contributed by atoms with Gasteiger partial charge in [0.2, 0.25) is 0 Å². The molecule has 3 N–H and O–H groups in total. The first-order valence-corrected chi connectivity index (χ1v) is 6.15. The van der Waals surface area contributed by atoms with Gasteiger partial charge >= 0.3 is 0 Å². The molecule has 0 amide bonds. The van der Waals surface area contributed by atoms with Gasteiger partial charge in [0.25, 0.3) is 11.2 Å². The van der Waals surface area contributed by atoms with Crippen molar-refractivity contribution in [3.05, 3.63) is 56.5 Å². The van der Waals surface area contributed by atoms with E-state index in [1.807, 2.05) is 0 Å². The summed E-state index contributed by atoms with van der Waals surface area (Å²) >= 11 is 0. The lowest BCUT2D eigenvalue weighted by atomic mass is 10.1. The van der Waals surface area contributed by atoms with Crippen LogP contribution in [0.5, 0.6) is 0 Å². The standard InChI is InChI=1S/C13H14N4O3/c14-6-2-4-10-8-12(18)16-13(15-10)9-3-1-5-11(7-9)17(19)20/h1,3,5,7-8H,2,4,6,14H2,(H,15,16,18). The molecule has 1 aromatic heterocycles. The van der Waals surface area contributed by atoms with Gasteiger partial charge in [-0.3, -0.25) is 14.9 Å². The van der Waals surface area contributed by atoms with E-state index in [0.29, 0.717) is 30.0 Å². The molecule has 0 unspecified atom stereocenters. The van der Waals surface area contributed by atoms with Crippen molar-refractivity contribution in [3.8, 4) is 11.4 Å². The third kappa shape index (κ3) is 3.27. The number of nitro groups is 1. The van der Waals surface area contributed by atoms with Crippen molar-refractivity contribution in [2.24, 2.45) is 5.73 Å². The Morgan fingerprint density at radius 3 is 2.85 bits per heavy atom.